The van der Waals surface area contributed by atoms with E-state index in [0.717, 1.165) is 67.9 Å². The minimum absolute atomic E-state index is 0.436. The highest BCUT2D eigenvalue weighted by atomic mass is 35.5. The highest BCUT2D eigenvalue weighted by Gasteiger charge is 2.21. The molecule has 2 N–H and O–H groups in total. The first-order chi connectivity index (χ1) is 12.1. The number of oxazole rings is 1. The van der Waals surface area contributed by atoms with Crippen LogP contribution < -0.4 is 10.6 Å². The number of halogens is 1. The van der Waals surface area contributed by atoms with Crippen LogP contribution in [0.1, 0.15) is 30.2 Å². The van der Waals surface area contributed by atoms with E-state index in [1.165, 1.54) is 6.33 Å². The molecule has 0 bridgehead atoms. The summed E-state index contributed by atoms with van der Waals surface area (Å²) in [7, 11) is 1.82. The lowest BCUT2D eigenvalue weighted by Gasteiger charge is -2.31. The van der Waals surface area contributed by atoms with Gasteiger partial charge in [-0.05, 0) is 45.7 Å². The SMILES string of the molecule is CNc1c(Cl)ncnc1NCC1CCN(Cc2nc(C)c(C)o2)CC1. The van der Waals surface area contributed by atoms with Crippen molar-refractivity contribution in [2.75, 3.05) is 37.3 Å². The molecule has 2 aromatic rings. The van der Waals surface area contributed by atoms with Crippen LogP contribution in [0, 0.1) is 19.8 Å². The predicted octanol–water partition coefficient (Wildman–Crippen LogP) is 3.10. The molecule has 0 aliphatic carbocycles. The third-order valence-electron chi connectivity index (χ3n) is 4.75. The number of rotatable bonds is 6. The second-order valence-electron chi connectivity index (χ2n) is 6.49. The minimum atomic E-state index is 0.436. The molecule has 1 aliphatic heterocycles. The van der Waals surface area contributed by atoms with Gasteiger partial charge in [-0.25, -0.2) is 15.0 Å². The Morgan fingerprint density at radius 1 is 1.28 bits per heavy atom. The smallest absolute Gasteiger partial charge is 0.208 e. The van der Waals surface area contributed by atoms with Crippen LogP contribution in [0.3, 0.4) is 0 Å². The van der Waals surface area contributed by atoms with Gasteiger partial charge in [0.1, 0.15) is 17.8 Å². The van der Waals surface area contributed by atoms with Crippen molar-refractivity contribution in [1.82, 2.24) is 19.9 Å². The Labute approximate surface area is 153 Å². The van der Waals surface area contributed by atoms with E-state index in [1.54, 1.807) is 0 Å². The lowest BCUT2D eigenvalue weighted by atomic mass is 9.97. The average molecular weight is 365 g/mol. The van der Waals surface area contributed by atoms with E-state index in [1.807, 2.05) is 20.9 Å². The van der Waals surface area contributed by atoms with Gasteiger partial charge in [0, 0.05) is 13.6 Å². The van der Waals surface area contributed by atoms with Gasteiger partial charge in [0.15, 0.2) is 11.0 Å². The van der Waals surface area contributed by atoms with E-state index in [0.29, 0.717) is 11.1 Å². The van der Waals surface area contributed by atoms with Crippen LogP contribution in [0.15, 0.2) is 10.7 Å². The van der Waals surface area contributed by atoms with E-state index < -0.39 is 0 Å². The summed E-state index contributed by atoms with van der Waals surface area (Å²) in [5.74, 6) is 3.11. The zero-order valence-corrected chi connectivity index (χ0v) is 15.7. The van der Waals surface area contributed by atoms with Crippen LogP contribution in [-0.2, 0) is 6.54 Å². The summed E-state index contributed by atoms with van der Waals surface area (Å²) in [6.45, 7) is 7.72. The Kier molecular flexibility index (Phi) is 5.75. The molecule has 0 amide bonds. The number of aromatic nitrogens is 3. The Morgan fingerprint density at radius 2 is 2.04 bits per heavy atom. The number of hydrogen-bond donors (Lipinski definition) is 2. The molecule has 25 heavy (non-hydrogen) atoms. The molecule has 2 aromatic heterocycles. The number of anilines is 2. The Morgan fingerprint density at radius 3 is 2.68 bits per heavy atom. The van der Waals surface area contributed by atoms with Crippen LogP contribution in [0.25, 0.3) is 0 Å². The van der Waals surface area contributed by atoms with Crippen molar-refractivity contribution >= 4 is 23.1 Å². The molecule has 136 valence electrons. The molecule has 0 unspecified atom stereocenters. The molecule has 1 fully saturated rings. The molecule has 1 saturated heterocycles. The number of likely N-dealkylation sites (tertiary alicyclic amines) is 1. The largest absolute Gasteiger partial charge is 0.444 e. The molecule has 7 nitrogen and oxygen atoms in total. The van der Waals surface area contributed by atoms with Crippen molar-refractivity contribution in [2.45, 2.75) is 33.2 Å². The Bertz CT molecular complexity index is 692. The summed E-state index contributed by atoms with van der Waals surface area (Å²) in [4.78, 5) is 15.1. The fourth-order valence-electron chi connectivity index (χ4n) is 3.11. The first-order valence-electron chi connectivity index (χ1n) is 8.64. The summed E-state index contributed by atoms with van der Waals surface area (Å²) < 4.78 is 5.69. The molecular weight excluding hydrogens is 340 g/mol. The van der Waals surface area contributed by atoms with Crippen molar-refractivity contribution in [3.8, 4) is 0 Å². The number of piperidine rings is 1. The molecule has 1 aliphatic rings. The molecule has 3 heterocycles. The van der Waals surface area contributed by atoms with E-state index >= 15 is 0 Å². The van der Waals surface area contributed by atoms with E-state index in [-0.39, 0.29) is 0 Å². The second kappa shape index (κ2) is 8.01. The average Bonchev–Trinajstić information content (AvgIpc) is 2.92. The van der Waals surface area contributed by atoms with Crippen LogP contribution in [0.4, 0.5) is 11.5 Å². The lowest BCUT2D eigenvalue weighted by Crippen LogP contribution is -2.35. The van der Waals surface area contributed by atoms with Crippen LogP contribution in [-0.4, -0.2) is 46.5 Å². The van der Waals surface area contributed by atoms with Crippen LogP contribution in [0.2, 0.25) is 5.15 Å². The van der Waals surface area contributed by atoms with Crippen molar-refractivity contribution < 1.29 is 4.42 Å². The summed E-state index contributed by atoms with van der Waals surface area (Å²) in [6, 6.07) is 0. The third-order valence-corrected chi connectivity index (χ3v) is 5.03. The van der Waals surface area contributed by atoms with Crippen molar-refractivity contribution in [1.29, 1.82) is 0 Å². The molecule has 0 aromatic carbocycles. The number of nitrogens with one attached hydrogen (secondary N) is 2. The summed E-state index contributed by atoms with van der Waals surface area (Å²) in [6.07, 6.45) is 3.76. The molecule has 0 saturated carbocycles. The summed E-state index contributed by atoms with van der Waals surface area (Å²) in [5.41, 5.74) is 1.73. The van der Waals surface area contributed by atoms with Gasteiger partial charge in [-0.15, -0.1) is 0 Å². The molecule has 3 rings (SSSR count). The third kappa shape index (κ3) is 4.41. The molecule has 0 radical (unpaired) electrons. The first kappa shape index (κ1) is 17.9. The van der Waals surface area contributed by atoms with Gasteiger partial charge in [0.2, 0.25) is 5.89 Å². The van der Waals surface area contributed by atoms with E-state index in [4.69, 9.17) is 16.0 Å². The fourth-order valence-corrected chi connectivity index (χ4v) is 3.34. The maximum absolute atomic E-state index is 6.08. The van der Waals surface area contributed by atoms with E-state index in [2.05, 4.69) is 30.5 Å². The highest BCUT2D eigenvalue weighted by molar-refractivity contribution is 6.32. The molecule has 8 heteroatoms. The maximum Gasteiger partial charge on any atom is 0.208 e. The highest BCUT2D eigenvalue weighted by Crippen LogP contribution is 2.26. The topological polar surface area (TPSA) is 79.1 Å². The normalized spacial score (nSPS) is 16.2. The first-order valence-corrected chi connectivity index (χ1v) is 9.02. The number of aryl methyl sites for hydroxylation is 2. The Balaban J connectivity index is 1.47. The predicted molar refractivity (Wildman–Crippen MR) is 99.1 cm³/mol. The number of nitrogens with zero attached hydrogens (tertiary/aromatic N) is 4. The fraction of sp³-hybridized carbons (Fsp3) is 0.588. The minimum Gasteiger partial charge on any atom is -0.444 e. The standard InChI is InChI=1S/C17H25ClN6O/c1-11-12(2)25-14(23-11)9-24-6-4-13(5-7-24)8-20-17-15(19-3)16(18)21-10-22-17/h10,13,19H,4-9H2,1-3H3,(H,20,21,22). The van der Waals surface area contributed by atoms with Gasteiger partial charge in [0.05, 0.1) is 12.2 Å². The Hall–Kier alpha value is -1.86. The zero-order valence-electron chi connectivity index (χ0n) is 15.0. The zero-order chi connectivity index (χ0) is 17.8. The van der Waals surface area contributed by atoms with Crippen LogP contribution in [0.5, 0.6) is 0 Å². The summed E-state index contributed by atoms with van der Waals surface area (Å²) >= 11 is 6.08. The monoisotopic (exact) mass is 364 g/mol. The van der Waals surface area contributed by atoms with Gasteiger partial charge in [0.25, 0.3) is 0 Å². The number of hydrogen-bond acceptors (Lipinski definition) is 7. The second-order valence-corrected chi connectivity index (χ2v) is 6.85. The molecular formula is C17H25ClN6O. The molecule has 0 spiro atoms. The van der Waals surface area contributed by atoms with Gasteiger partial charge in [-0.3, -0.25) is 4.90 Å². The molecule has 0 atom stereocenters. The van der Waals surface area contributed by atoms with Gasteiger partial charge in [-0.2, -0.15) is 0 Å². The van der Waals surface area contributed by atoms with Crippen molar-refractivity contribution in [3.05, 3.63) is 28.8 Å². The van der Waals surface area contributed by atoms with Gasteiger partial charge in [-0.1, -0.05) is 11.6 Å². The summed E-state index contributed by atoms with van der Waals surface area (Å²) in [5, 5.41) is 6.89. The van der Waals surface area contributed by atoms with Gasteiger partial charge >= 0.3 is 0 Å². The van der Waals surface area contributed by atoms with Gasteiger partial charge < -0.3 is 15.1 Å². The quantitative estimate of drug-likeness (QED) is 0.762. The maximum atomic E-state index is 6.08. The van der Waals surface area contributed by atoms with E-state index in [9.17, 15) is 0 Å². The van der Waals surface area contributed by atoms with Crippen molar-refractivity contribution in [3.63, 3.8) is 0 Å². The van der Waals surface area contributed by atoms with Crippen LogP contribution >= 0.6 is 11.6 Å². The lowest BCUT2D eigenvalue weighted by molar-refractivity contribution is 0.167. The van der Waals surface area contributed by atoms with Crippen molar-refractivity contribution in [2.24, 2.45) is 5.92 Å².